The SMILES string of the molecule is CCOc1cc(CN2CCCC2CNC)ccc1OC(F)F. The van der Waals surface area contributed by atoms with E-state index in [9.17, 15) is 8.78 Å². The normalized spacial score (nSPS) is 18.9. The predicted molar refractivity (Wildman–Crippen MR) is 81.6 cm³/mol. The van der Waals surface area contributed by atoms with Crippen molar-refractivity contribution in [2.75, 3.05) is 26.7 Å². The van der Waals surface area contributed by atoms with Gasteiger partial charge < -0.3 is 14.8 Å². The van der Waals surface area contributed by atoms with Crippen LogP contribution >= 0.6 is 0 Å². The average molecular weight is 314 g/mol. The zero-order valence-electron chi connectivity index (χ0n) is 13.1. The van der Waals surface area contributed by atoms with Gasteiger partial charge in [-0.2, -0.15) is 8.78 Å². The largest absolute Gasteiger partial charge is 0.490 e. The molecule has 1 heterocycles. The first kappa shape index (κ1) is 17.0. The fraction of sp³-hybridized carbons (Fsp3) is 0.625. The molecule has 1 aromatic rings. The van der Waals surface area contributed by atoms with Crippen molar-refractivity contribution >= 4 is 0 Å². The third kappa shape index (κ3) is 4.55. The van der Waals surface area contributed by atoms with Crippen LogP contribution in [-0.2, 0) is 6.54 Å². The van der Waals surface area contributed by atoms with Gasteiger partial charge in [-0.25, -0.2) is 0 Å². The van der Waals surface area contributed by atoms with E-state index in [0.717, 1.165) is 25.2 Å². The third-order valence-corrected chi connectivity index (χ3v) is 3.85. The van der Waals surface area contributed by atoms with Crippen LogP contribution < -0.4 is 14.8 Å². The fourth-order valence-corrected chi connectivity index (χ4v) is 2.92. The summed E-state index contributed by atoms with van der Waals surface area (Å²) in [5.41, 5.74) is 1.05. The second-order valence-corrected chi connectivity index (χ2v) is 5.42. The van der Waals surface area contributed by atoms with Gasteiger partial charge in [0, 0.05) is 19.1 Å². The predicted octanol–water partition coefficient (Wildman–Crippen LogP) is 2.87. The molecule has 1 unspecified atom stereocenters. The second kappa shape index (κ2) is 8.29. The Bertz CT molecular complexity index is 471. The first-order chi connectivity index (χ1) is 10.6. The molecular formula is C16H24F2N2O2. The highest BCUT2D eigenvalue weighted by Crippen LogP contribution is 2.31. The minimum atomic E-state index is -2.84. The molecule has 1 fully saturated rings. The zero-order chi connectivity index (χ0) is 15.9. The Morgan fingerprint density at radius 3 is 2.86 bits per heavy atom. The summed E-state index contributed by atoms with van der Waals surface area (Å²) in [7, 11) is 1.96. The van der Waals surface area contributed by atoms with Crippen LogP contribution in [0.1, 0.15) is 25.3 Å². The molecule has 4 nitrogen and oxygen atoms in total. The smallest absolute Gasteiger partial charge is 0.387 e. The summed E-state index contributed by atoms with van der Waals surface area (Å²) >= 11 is 0. The monoisotopic (exact) mass is 314 g/mol. The topological polar surface area (TPSA) is 33.7 Å². The molecule has 0 aromatic heterocycles. The van der Waals surface area contributed by atoms with Crippen LogP contribution in [0.25, 0.3) is 0 Å². The summed E-state index contributed by atoms with van der Waals surface area (Å²) in [6.45, 7) is 2.21. The Morgan fingerprint density at radius 1 is 1.36 bits per heavy atom. The van der Waals surface area contributed by atoms with Gasteiger partial charge in [0.2, 0.25) is 0 Å². The highest BCUT2D eigenvalue weighted by molar-refractivity contribution is 5.43. The lowest BCUT2D eigenvalue weighted by atomic mass is 10.1. The number of benzene rings is 1. The van der Waals surface area contributed by atoms with Gasteiger partial charge in [-0.15, -0.1) is 0 Å². The van der Waals surface area contributed by atoms with Gasteiger partial charge in [0.1, 0.15) is 0 Å². The van der Waals surface area contributed by atoms with E-state index in [-0.39, 0.29) is 5.75 Å². The van der Waals surface area contributed by atoms with Crippen molar-refractivity contribution in [1.29, 1.82) is 0 Å². The summed E-state index contributed by atoms with van der Waals surface area (Å²) in [6.07, 6.45) is 2.38. The number of hydrogen-bond donors (Lipinski definition) is 1. The number of rotatable bonds is 8. The van der Waals surface area contributed by atoms with Crippen molar-refractivity contribution in [3.63, 3.8) is 0 Å². The van der Waals surface area contributed by atoms with Crippen molar-refractivity contribution in [3.05, 3.63) is 23.8 Å². The maximum atomic E-state index is 12.4. The van der Waals surface area contributed by atoms with Crippen molar-refractivity contribution in [3.8, 4) is 11.5 Å². The average Bonchev–Trinajstić information content (AvgIpc) is 2.89. The number of hydrogen-bond acceptors (Lipinski definition) is 4. The molecule has 1 atom stereocenters. The molecule has 0 amide bonds. The van der Waals surface area contributed by atoms with E-state index < -0.39 is 6.61 Å². The number of nitrogens with one attached hydrogen (secondary N) is 1. The quantitative estimate of drug-likeness (QED) is 0.800. The zero-order valence-corrected chi connectivity index (χ0v) is 13.1. The van der Waals surface area contributed by atoms with Gasteiger partial charge in [-0.1, -0.05) is 6.07 Å². The fourth-order valence-electron chi connectivity index (χ4n) is 2.92. The van der Waals surface area contributed by atoms with Crippen molar-refractivity contribution in [2.24, 2.45) is 0 Å². The van der Waals surface area contributed by atoms with Gasteiger partial charge in [0.05, 0.1) is 6.61 Å². The molecule has 1 aliphatic rings. The van der Waals surface area contributed by atoms with Crippen LogP contribution in [0.4, 0.5) is 8.78 Å². The Balaban J connectivity index is 2.09. The molecule has 124 valence electrons. The van der Waals surface area contributed by atoms with Crippen LogP contribution in [-0.4, -0.2) is 44.3 Å². The van der Waals surface area contributed by atoms with Gasteiger partial charge in [-0.3, -0.25) is 4.90 Å². The number of likely N-dealkylation sites (N-methyl/N-ethyl adjacent to an activating group) is 1. The van der Waals surface area contributed by atoms with Gasteiger partial charge >= 0.3 is 6.61 Å². The first-order valence-electron chi connectivity index (χ1n) is 7.73. The summed E-state index contributed by atoms with van der Waals surface area (Å²) in [5.74, 6) is 0.471. The summed E-state index contributed by atoms with van der Waals surface area (Å²) in [5, 5.41) is 3.22. The molecule has 0 aliphatic carbocycles. The van der Waals surface area contributed by atoms with Gasteiger partial charge in [0.15, 0.2) is 11.5 Å². The Labute approximate surface area is 130 Å². The second-order valence-electron chi connectivity index (χ2n) is 5.42. The van der Waals surface area contributed by atoms with Crippen molar-refractivity contribution < 1.29 is 18.3 Å². The summed E-state index contributed by atoms with van der Waals surface area (Å²) in [4.78, 5) is 2.41. The molecular weight excluding hydrogens is 290 g/mol. The molecule has 22 heavy (non-hydrogen) atoms. The van der Waals surface area contributed by atoms with E-state index in [0.29, 0.717) is 18.4 Å². The van der Waals surface area contributed by atoms with E-state index in [4.69, 9.17) is 4.74 Å². The van der Waals surface area contributed by atoms with E-state index in [2.05, 4.69) is 15.0 Å². The Hall–Kier alpha value is -1.40. The van der Waals surface area contributed by atoms with E-state index in [1.807, 2.05) is 20.0 Å². The lowest BCUT2D eigenvalue weighted by Gasteiger charge is -2.24. The molecule has 0 bridgehead atoms. The van der Waals surface area contributed by atoms with E-state index in [1.54, 1.807) is 12.1 Å². The molecule has 1 saturated heterocycles. The third-order valence-electron chi connectivity index (χ3n) is 3.85. The standard InChI is InChI=1S/C16H24F2N2O2/c1-3-21-15-9-12(6-7-14(15)22-16(17)18)11-20-8-4-5-13(20)10-19-2/h6-7,9,13,16,19H,3-5,8,10-11H2,1-2H3. The lowest BCUT2D eigenvalue weighted by Crippen LogP contribution is -2.36. The minimum Gasteiger partial charge on any atom is -0.490 e. The molecule has 2 rings (SSSR count). The molecule has 1 aliphatic heterocycles. The maximum Gasteiger partial charge on any atom is 0.387 e. The minimum absolute atomic E-state index is 0.0915. The highest BCUT2D eigenvalue weighted by atomic mass is 19.3. The molecule has 1 aromatic carbocycles. The number of nitrogens with zero attached hydrogens (tertiary/aromatic N) is 1. The van der Waals surface area contributed by atoms with Crippen molar-refractivity contribution in [1.82, 2.24) is 10.2 Å². The van der Waals surface area contributed by atoms with E-state index >= 15 is 0 Å². The summed E-state index contributed by atoms with van der Waals surface area (Å²) < 4.78 is 34.8. The van der Waals surface area contributed by atoms with Crippen LogP contribution in [0.15, 0.2) is 18.2 Å². The highest BCUT2D eigenvalue weighted by Gasteiger charge is 2.24. The van der Waals surface area contributed by atoms with Crippen LogP contribution in [0.3, 0.4) is 0 Å². The van der Waals surface area contributed by atoms with Crippen molar-refractivity contribution in [2.45, 2.75) is 39.0 Å². The van der Waals surface area contributed by atoms with E-state index in [1.165, 1.54) is 12.8 Å². The van der Waals surface area contributed by atoms with Gasteiger partial charge in [-0.05, 0) is 51.1 Å². The number of likely N-dealkylation sites (tertiary alicyclic amines) is 1. The molecule has 0 radical (unpaired) electrons. The summed E-state index contributed by atoms with van der Waals surface area (Å²) in [6, 6.07) is 5.72. The number of halogens is 2. The number of alkyl halides is 2. The molecule has 0 spiro atoms. The van der Waals surface area contributed by atoms with Gasteiger partial charge in [0.25, 0.3) is 0 Å². The number of ether oxygens (including phenoxy) is 2. The van der Waals surface area contributed by atoms with Crippen LogP contribution in [0, 0.1) is 0 Å². The Kier molecular flexibility index (Phi) is 6.39. The molecule has 6 heteroatoms. The lowest BCUT2D eigenvalue weighted by molar-refractivity contribution is -0.0514. The molecule has 1 N–H and O–H groups in total. The first-order valence-corrected chi connectivity index (χ1v) is 7.73. The van der Waals surface area contributed by atoms with Crippen LogP contribution in [0.2, 0.25) is 0 Å². The van der Waals surface area contributed by atoms with Crippen LogP contribution in [0.5, 0.6) is 11.5 Å². The molecule has 0 saturated carbocycles. The maximum absolute atomic E-state index is 12.4. The Morgan fingerprint density at radius 2 is 2.18 bits per heavy atom.